The fourth-order valence-electron chi connectivity index (χ4n) is 2.83. The van der Waals surface area contributed by atoms with E-state index in [-0.39, 0.29) is 0 Å². The number of rotatable bonds is 9. The number of anilines is 2. The Morgan fingerprint density at radius 1 is 1.16 bits per heavy atom. The number of carboxylic acid groups (broad SMARTS) is 1. The van der Waals surface area contributed by atoms with E-state index < -0.39 is 11.4 Å². The molecular weight excluding hydrogens is 314 g/mol. The number of benzene rings is 1. The molecule has 5 nitrogen and oxygen atoms in total. The van der Waals surface area contributed by atoms with Crippen molar-refractivity contribution in [1.82, 2.24) is 10.3 Å². The second-order valence-corrected chi connectivity index (χ2v) is 6.32. The van der Waals surface area contributed by atoms with E-state index in [1.54, 1.807) is 0 Å². The Bertz CT molecular complexity index is 667. The quantitative estimate of drug-likeness (QED) is 0.726. The maximum atomic E-state index is 11.5. The number of aromatic nitrogens is 1. The van der Waals surface area contributed by atoms with Crippen molar-refractivity contribution in [1.29, 1.82) is 0 Å². The van der Waals surface area contributed by atoms with E-state index in [1.807, 2.05) is 74.5 Å². The van der Waals surface area contributed by atoms with Crippen LogP contribution in [0.1, 0.15) is 32.3 Å². The lowest BCUT2D eigenvalue weighted by Crippen LogP contribution is -2.40. The Morgan fingerprint density at radius 3 is 2.36 bits per heavy atom. The molecule has 2 N–H and O–H groups in total. The summed E-state index contributed by atoms with van der Waals surface area (Å²) in [4.78, 5) is 18.1. The number of nitrogens with one attached hydrogen (secondary N) is 1. The van der Waals surface area contributed by atoms with Gasteiger partial charge in [0.15, 0.2) is 0 Å². The van der Waals surface area contributed by atoms with E-state index in [0.717, 1.165) is 17.1 Å². The van der Waals surface area contributed by atoms with Crippen molar-refractivity contribution in [2.24, 2.45) is 5.41 Å². The van der Waals surface area contributed by atoms with Gasteiger partial charge < -0.3 is 15.3 Å². The zero-order valence-electron chi connectivity index (χ0n) is 15.2. The van der Waals surface area contributed by atoms with E-state index in [1.165, 1.54) is 0 Å². The number of pyridine rings is 1. The van der Waals surface area contributed by atoms with Crippen LogP contribution in [0.5, 0.6) is 0 Å². The second-order valence-electron chi connectivity index (χ2n) is 6.32. The molecule has 1 aromatic carbocycles. The molecule has 25 heavy (non-hydrogen) atoms. The second kappa shape index (κ2) is 8.62. The summed E-state index contributed by atoms with van der Waals surface area (Å²) < 4.78 is 0. The molecule has 0 atom stereocenters. The fourth-order valence-corrected chi connectivity index (χ4v) is 2.83. The van der Waals surface area contributed by atoms with E-state index in [0.29, 0.717) is 25.9 Å². The Labute approximate surface area is 149 Å². The lowest BCUT2D eigenvalue weighted by molar-refractivity contribution is -0.149. The van der Waals surface area contributed by atoms with Crippen molar-refractivity contribution in [3.05, 3.63) is 54.2 Å². The first kappa shape index (κ1) is 18.9. The lowest BCUT2D eigenvalue weighted by atomic mass is 9.82. The molecule has 0 amide bonds. The van der Waals surface area contributed by atoms with Gasteiger partial charge in [-0.15, -0.1) is 0 Å². The zero-order valence-corrected chi connectivity index (χ0v) is 15.2. The number of nitrogens with zero attached hydrogens (tertiary/aromatic N) is 2. The number of para-hydroxylation sites is 1. The Hall–Kier alpha value is -2.40. The van der Waals surface area contributed by atoms with Crippen LogP contribution in [0.2, 0.25) is 0 Å². The third kappa shape index (κ3) is 4.57. The summed E-state index contributed by atoms with van der Waals surface area (Å²) in [5.41, 5.74) is 1.43. The van der Waals surface area contributed by atoms with Crippen LogP contribution in [0, 0.1) is 5.41 Å². The largest absolute Gasteiger partial charge is 0.481 e. The van der Waals surface area contributed by atoms with Gasteiger partial charge in [-0.1, -0.05) is 38.1 Å². The van der Waals surface area contributed by atoms with Gasteiger partial charge in [0, 0.05) is 32.0 Å². The molecule has 0 aliphatic heterocycles. The molecule has 0 aliphatic rings. The van der Waals surface area contributed by atoms with E-state index in [9.17, 15) is 9.90 Å². The van der Waals surface area contributed by atoms with E-state index >= 15 is 0 Å². The van der Waals surface area contributed by atoms with Gasteiger partial charge in [-0.05, 0) is 36.6 Å². The highest BCUT2D eigenvalue weighted by atomic mass is 16.4. The topological polar surface area (TPSA) is 65.5 Å². The summed E-state index contributed by atoms with van der Waals surface area (Å²) in [7, 11) is 1.99. The highest BCUT2D eigenvalue weighted by Crippen LogP contribution is 2.26. The SMILES string of the molecule is CCC(CC)(CNCc1ccc(N(C)c2ccccc2)nc1)C(=O)O. The number of hydrogen-bond acceptors (Lipinski definition) is 4. The molecule has 0 fully saturated rings. The Morgan fingerprint density at radius 2 is 1.84 bits per heavy atom. The van der Waals surface area contributed by atoms with Gasteiger partial charge in [-0.3, -0.25) is 4.79 Å². The van der Waals surface area contributed by atoms with Gasteiger partial charge in [0.2, 0.25) is 0 Å². The van der Waals surface area contributed by atoms with Gasteiger partial charge in [-0.25, -0.2) is 4.98 Å². The van der Waals surface area contributed by atoms with Crippen LogP contribution >= 0.6 is 0 Å². The molecule has 0 aliphatic carbocycles. The van der Waals surface area contributed by atoms with Crippen LogP contribution < -0.4 is 10.2 Å². The third-order valence-electron chi connectivity index (χ3n) is 4.90. The van der Waals surface area contributed by atoms with E-state index in [2.05, 4.69) is 10.3 Å². The summed E-state index contributed by atoms with van der Waals surface area (Å²) in [6.07, 6.45) is 3.07. The van der Waals surface area contributed by atoms with Crippen molar-refractivity contribution in [2.75, 3.05) is 18.5 Å². The van der Waals surface area contributed by atoms with Gasteiger partial charge in [0.1, 0.15) is 5.82 Å². The normalized spacial score (nSPS) is 11.3. The molecule has 0 unspecified atom stereocenters. The minimum absolute atomic E-state index is 0.459. The highest BCUT2D eigenvalue weighted by molar-refractivity contribution is 5.74. The van der Waals surface area contributed by atoms with Gasteiger partial charge >= 0.3 is 5.97 Å². The average Bonchev–Trinajstić information content (AvgIpc) is 2.66. The summed E-state index contributed by atoms with van der Waals surface area (Å²) in [6, 6.07) is 14.1. The third-order valence-corrected chi connectivity index (χ3v) is 4.90. The number of aliphatic carboxylic acids is 1. The molecule has 1 aromatic heterocycles. The van der Waals surface area contributed by atoms with Crippen molar-refractivity contribution in [3.63, 3.8) is 0 Å². The van der Waals surface area contributed by atoms with Crippen molar-refractivity contribution in [3.8, 4) is 0 Å². The summed E-state index contributed by atoms with van der Waals surface area (Å²) in [5, 5.41) is 12.7. The lowest BCUT2D eigenvalue weighted by Gasteiger charge is -2.27. The van der Waals surface area contributed by atoms with Crippen molar-refractivity contribution >= 4 is 17.5 Å². The minimum atomic E-state index is -0.733. The highest BCUT2D eigenvalue weighted by Gasteiger charge is 2.34. The van der Waals surface area contributed by atoms with Crippen LogP contribution in [-0.4, -0.2) is 29.7 Å². The minimum Gasteiger partial charge on any atom is -0.481 e. The number of carbonyl (C=O) groups is 1. The fraction of sp³-hybridized carbons (Fsp3) is 0.400. The summed E-state index contributed by atoms with van der Waals surface area (Å²) in [6.45, 7) is 4.92. The predicted octanol–water partition coefficient (Wildman–Crippen LogP) is 3.83. The monoisotopic (exact) mass is 341 g/mol. The molecule has 2 rings (SSSR count). The molecule has 0 saturated heterocycles. The van der Waals surface area contributed by atoms with Gasteiger partial charge in [0.25, 0.3) is 0 Å². The molecule has 0 radical (unpaired) electrons. The Kier molecular flexibility index (Phi) is 6.53. The molecule has 134 valence electrons. The summed E-state index contributed by atoms with van der Waals surface area (Å²) in [5.74, 6) is 0.139. The van der Waals surface area contributed by atoms with Gasteiger partial charge in [0.05, 0.1) is 5.41 Å². The molecule has 0 bridgehead atoms. The van der Waals surface area contributed by atoms with Crippen LogP contribution in [0.15, 0.2) is 48.7 Å². The molecule has 0 saturated carbocycles. The first-order valence-corrected chi connectivity index (χ1v) is 8.70. The molecule has 2 aromatic rings. The van der Waals surface area contributed by atoms with Crippen LogP contribution in [-0.2, 0) is 11.3 Å². The van der Waals surface area contributed by atoms with Crippen LogP contribution in [0.25, 0.3) is 0 Å². The standard InChI is InChI=1S/C20H27N3O2/c1-4-20(5-2,19(24)25)15-21-13-16-11-12-18(22-14-16)23(3)17-9-7-6-8-10-17/h6-12,14,21H,4-5,13,15H2,1-3H3,(H,24,25). The first-order chi connectivity index (χ1) is 12.0. The summed E-state index contributed by atoms with van der Waals surface area (Å²) >= 11 is 0. The van der Waals surface area contributed by atoms with Crippen molar-refractivity contribution < 1.29 is 9.90 Å². The predicted molar refractivity (Wildman–Crippen MR) is 101 cm³/mol. The van der Waals surface area contributed by atoms with Gasteiger partial charge in [-0.2, -0.15) is 0 Å². The number of carboxylic acids is 1. The first-order valence-electron chi connectivity index (χ1n) is 8.70. The molecule has 5 heteroatoms. The van der Waals surface area contributed by atoms with Crippen molar-refractivity contribution in [2.45, 2.75) is 33.2 Å². The maximum Gasteiger partial charge on any atom is 0.310 e. The van der Waals surface area contributed by atoms with E-state index in [4.69, 9.17) is 0 Å². The molecule has 1 heterocycles. The van der Waals surface area contributed by atoms with Crippen LogP contribution in [0.4, 0.5) is 11.5 Å². The molecule has 0 spiro atoms. The zero-order chi connectivity index (χ0) is 18.3. The average molecular weight is 341 g/mol. The van der Waals surface area contributed by atoms with Crippen LogP contribution in [0.3, 0.4) is 0 Å². The smallest absolute Gasteiger partial charge is 0.310 e. The molecular formula is C20H27N3O2. The maximum absolute atomic E-state index is 11.5. The Balaban J connectivity index is 1.96. The number of hydrogen-bond donors (Lipinski definition) is 2.